The maximum atomic E-state index is 6.12. The smallest absolute Gasteiger partial charge is 0.130 e. The van der Waals surface area contributed by atoms with Crippen LogP contribution in [-0.2, 0) is 0 Å². The molecule has 2 aromatic rings. The molecule has 1 saturated heterocycles. The van der Waals surface area contributed by atoms with E-state index in [2.05, 4.69) is 10.3 Å². The average molecular weight is 258 g/mol. The summed E-state index contributed by atoms with van der Waals surface area (Å²) < 4.78 is 11.3. The fraction of sp³-hybridized carbons (Fsp3) is 0.400. The quantitative estimate of drug-likeness (QED) is 0.918. The van der Waals surface area contributed by atoms with E-state index in [1.54, 1.807) is 13.3 Å². The van der Waals surface area contributed by atoms with Gasteiger partial charge in [0.2, 0.25) is 0 Å². The molecule has 0 atom stereocenters. The van der Waals surface area contributed by atoms with E-state index < -0.39 is 0 Å². The van der Waals surface area contributed by atoms with Crippen LogP contribution in [0.25, 0.3) is 10.9 Å². The van der Waals surface area contributed by atoms with Crippen molar-refractivity contribution in [2.75, 3.05) is 20.2 Å². The van der Waals surface area contributed by atoms with Crippen molar-refractivity contribution < 1.29 is 9.47 Å². The van der Waals surface area contributed by atoms with Crippen molar-refractivity contribution in [3.8, 4) is 11.5 Å². The summed E-state index contributed by atoms with van der Waals surface area (Å²) >= 11 is 0. The van der Waals surface area contributed by atoms with Crippen molar-refractivity contribution in [3.63, 3.8) is 0 Å². The number of nitrogens with one attached hydrogen (secondary N) is 1. The molecule has 4 nitrogen and oxygen atoms in total. The predicted molar refractivity (Wildman–Crippen MR) is 74.8 cm³/mol. The highest BCUT2D eigenvalue weighted by molar-refractivity contribution is 5.85. The summed E-state index contributed by atoms with van der Waals surface area (Å²) in [5.74, 6) is 1.73. The molecule has 2 heterocycles. The first kappa shape index (κ1) is 12.2. The fourth-order valence-corrected chi connectivity index (χ4v) is 2.42. The Morgan fingerprint density at radius 2 is 2.05 bits per heavy atom. The Morgan fingerprint density at radius 1 is 1.21 bits per heavy atom. The zero-order valence-electron chi connectivity index (χ0n) is 11.1. The molecule has 100 valence electrons. The SMILES string of the molecule is COc1ccc2c(OC3CCNCC3)ccnc2c1. The number of fused-ring (bicyclic) bond motifs is 1. The van der Waals surface area contributed by atoms with E-state index in [0.717, 1.165) is 48.3 Å². The third-order valence-corrected chi connectivity index (χ3v) is 3.49. The number of ether oxygens (including phenoxy) is 2. The number of methoxy groups -OCH3 is 1. The van der Waals surface area contributed by atoms with Crippen LogP contribution in [0.3, 0.4) is 0 Å². The van der Waals surface area contributed by atoms with Crippen molar-refractivity contribution in [2.24, 2.45) is 0 Å². The van der Waals surface area contributed by atoms with Crippen LogP contribution in [0.15, 0.2) is 30.5 Å². The normalized spacial score (nSPS) is 16.5. The van der Waals surface area contributed by atoms with Gasteiger partial charge in [-0.05, 0) is 44.1 Å². The summed E-state index contributed by atoms with van der Waals surface area (Å²) in [6.07, 6.45) is 4.20. The Hall–Kier alpha value is -1.81. The van der Waals surface area contributed by atoms with Crippen LogP contribution >= 0.6 is 0 Å². The second kappa shape index (κ2) is 5.45. The first-order valence-electron chi connectivity index (χ1n) is 6.67. The van der Waals surface area contributed by atoms with Gasteiger partial charge in [0.1, 0.15) is 17.6 Å². The molecule has 3 rings (SSSR count). The third-order valence-electron chi connectivity index (χ3n) is 3.49. The minimum atomic E-state index is 0.300. The molecule has 0 unspecified atom stereocenters. The largest absolute Gasteiger partial charge is 0.497 e. The number of nitrogens with zero attached hydrogens (tertiary/aromatic N) is 1. The van der Waals surface area contributed by atoms with E-state index in [9.17, 15) is 0 Å². The maximum Gasteiger partial charge on any atom is 0.130 e. The number of aromatic nitrogens is 1. The second-order valence-electron chi connectivity index (χ2n) is 4.76. The van der Waals surface area contributed by atoms with Gasteiger partial charge in [-0.25, -0.2) is 0 Å². The third kappa shape index (κ3) is 2.63. The molecule has 0 aliphatic carbocycles. The number of piperidine rings is 1. The highest BCUT2D eigenvalue weighted by atomic mass is 16.5. The molecule has 1 fully saturated rings. The van der Waals surface area contributed by atoms with Gasteiger partial charge in [0.25, 0.3) is 0 Å². The van der Waals surface area contributed by atoms with E-state index in [1.807, 2.05) is 24.3 Å². The predicted octanol–water partition coefficient (Wildman–Crippen LogP) is 2.37. The summed E-state index contributed by atoms with van der Waals surface area (Å²) in [5, 5.41) is 4.39. The second-order valence-corrected chi connectivity index (χ2v) is 4.76. The van der Waals surface area contributed by atoms with Crippen LogP contribution in [-0.4, -0.2) is 31.3 Å². The van der Waals surface area contributed by atoms with Gasteiger partial charge in [-0.3, -0.25) is 4.98 Å². The molecule has 4 heteroatoms. The minimum absolute atomic E-state index is 0.300. The molecule has 0 spiro atoms. The molecule has 0 bridgehead atoms. The first-order chi connectivity index (χ1) is 9.36. The summed E-state index contributed by atoms with van der Waals surface area (Å²) in [6, 6.07) is 7.83. The van der Waals surface area contributed by atoms with Crippen LogP contribution in [0.1, 0.15) is 12.8 Å². The average Bonchev–Trinajstić information content (AvgIpc) is 2.48. The highest BCUT2D eigenvalue weighted by Gasteiger charge is 2.15. The van der Waals surface area contributed by atoms with Gasteiger partial charge < -0.3 is 14.8 Å². The lowest BCUT2D eigenvalue weighted by Gasteiger charge is -2.24. The number of rotatable bonds is 3. The van der Waals surface area contributed by atoms with Crippen molar-refractivity contribution in [3.05, 3.63) is 30.5 Å². The summed E-state index contributed by atoms with van der Waals surface area (Å²) in [4.78, 5) is 4.37. The zero-order valence-corrected chi connectivity index (χ0v) is 11.1. The van der Waals surface area contributed by atoms with E-state index in [1.165, 1.54) is 0 Å². The number of pyridine rings is 1. The number of hydrogen-bond donors (Lipinski definition) is 1. The Labute approximate surface area is 112 Å². The van der Waals surface area contributed by atoms with Gasteiger partial charge in [0, 0.05) is 17.6 Å². The first-order valence-corrected chi connectivity index (χ1v) is 6.67. The standard InChI is InChI=1S/C15H18N2O2/c1-18-12-2-3-13-14(10-12)17-9-6-15(13)19-11-4-7-16-8-5-11/h2-3,6,9-11,16H,4-5,7-8H2,1H3. The lowest BCUT2D eigenvalue weighted by Crippen LogP contribution is -2.34. The van der Waals surface area contributed by atoms with E-state index in [4.69, 9.17) is 9.47 Å². The summed E-state index contributed by atoms with van der Waals surface area (Å²) in [6.45, 7) is 2.06. The summed E-state index contributed by atoms with van der Waals surface area (Å²) in [5.41, 5.74) is 0.908. The van der Waals surface area contributed by atoms with Crippen LogP contribution < -0.4 is 14.8 Å². The molecule has 1 aromatic carbocycles. The Bertz CT molecular complexity index is 565. The van der Waals surface area contributed by atoms with Gasteiger partial charge in [0.15, 0.2) is 0 Å². The molecular formula is C15H18N2O2. The van der Waals surface area contributed by atoms with Gasteiger partial charge in [0.05, 0.1) is 12.6 Å². The monoisotopic (exact) mass is 258 g/mol. The molecule has 19 heavy (non-hydrogen) atoms. The van der Waals surface area contributed by atoms with Crippen molar-refractivity contribution in [2.45, 2.75) is 18.9 Å². The van der Waals surface area contributed by atoms with E-state index >= 15 is 0 Å². The molecule has 1 aliphatic heterocycles. The Kier molecular flexibility index (Phi) is 3.51. The van der Waals surface area contributed by atoms with Gasteiger partial charge in [-0.15, -0.1) is 0 Å². The maximum absolute atomic E-state index is 6.12. The van der Waals surface area contributed by atoms with E-state index in [0.29, 0.717) is 6.10 Å². The number of benzene rings is 1. The van der Waals surface area contributed by atoms with Crippen LogP contribution in [0.2, 0.25) is 0 Å². The number of hydrogen-bond acceptors (Lipinski definition) is 4. The van der Waals surface area contributed by atoms with Crippen LogP contribution in [0.4, 0.5) is 0 Å². The molecule has 0 radical (unpaired) electrons. The fourth-order valence-electron chi connectivity index (χ4n) is 2.42. The topological polar surface area (TPSA) is 43.4 Å². The molecule has 0 saturated carbocycles. The molecule has 1 aromatic heterocycles. The highest BCUT2D eigenvalue weighted by Crippen LogP contribution is 2.28. The van der Waals surface area contributed by atoms with Crippen LogP contribution in [0, 0.1) is 0 Å². The van der Waals surface area contributed by atoms with E-state index in [-0.39, 0.29) is 0 Å². The Morgan fingerprint density at radius 3 is 2.84 bits per heavy atom. The molecule has 0 amide bonds. The van der Waals surface area contributed by atoms with Crippen molar-refractivity contribution in [1.29, 1.82) is 0 Å². The molecule has 1 N–H and O–H groups in total. The lowest BCUT2D eigenvalue weighted by molar-refractivity contribution is 0.164. The summed E-state index contributed by atoms with van der Waals surface area (Å²) in [7, 11) is 1.66. The lowest BCUT2D eigenvalue weighted by atomic mass is 10.1. The van der Waals surface area contributed by atoms with Gasteiger partial charge >= 0.3 is 0 Å². The molecule has 1 aliphatic rings. The van der Waals surface area contributed by atoms with Crippen LogP contribution in [0.5, 0.6) is 11.5 Å². The van der Waals surface area contributed by atoms with Gasteiger partial charge in [-0.1, -0.05) is 0 Å². The van der Waals surface area contributed by atoms with Crippen molar-refractivity contribution >= 4 is 10.9 Å². The Balaban J connectivity index is 1.90. The van der Waals surface area contributed by atoms with Gasteiger partial charge in [-0.2, -0.15) is 0 Å². The van der Waals surface area contributed by atoms with Crippen molar-refractivity contribution in [1.82, 2.24) is 10.3 Å². The zero-order chi connectivity index (χ0) is 13.1. The molecular weight excluding hydrogens is 240 g/mol. The minimum Gasteiger partial charge on any atom is -0.497 e.